The lowest BCUT2D eigenvalue weighted by molar-refractivity contribution is 0.521. The Hall–Kier alpha value is -2.05. The summed E-state index contributed by atoms with van der Waals surface area (Å²) >= 11 is 11.6. The highest BCUT2D eigenvalue weighted by Crippen LogP contribution is 2.35. The van der Waals surface area contributed by atoms with Gasteiger partial charge in [-0.15, -0.1) is 0 Å². The second-order valence-corrected chi connectivity index (χ2v) is 5.37. The van der Waals surface area contributed by atoms with Crippen molar-refractivity contribution in [2.45, 2.75) is 0 Å². The van der Waals surface area contributed by atoms with Crippen LogP contribution in [0, 0.1) is 23.5 Å². The van der Waals surface area contributed by atoms with Crippen LogP contribution in [0.25, 0.3) is 16.9 Å². The normalized spacial score (nSPS) is 11.0. The minimum absolute atomic E-state index is 0.199. The third kappa shape index (κ3) is 2.80. The maximum absolute atomic E-state index is 14.1. The Labute approximate surface area is 137 Å². The topological polar surface area (TPSA) is 17.8 Å². The molecule has 0 aliphatic carbocycles. The number of hydrogen-bond donors (Lipinski definition) is 0. The molecule has 1 heterocycles. The molecule has 2 nitrogen and oxygen atoms in total. The van der Waals surface area contributed by atoms with E-state index in [2.05, 4.69) is 4.98 Å². The first-order valence-corrected chi connectivity index (χ1v) is 6.98. The summed E-state index contributed by atoms with van der Waals surface area (Å²) in [5.41, 5.74) is -0.839. The zero-order valence-corrected chi connectivity index (χ0v) is 12.6. The van der Waals surface area contributed by atoms with Crippen LogP contribution >= 0.6 is 23.2 Å². The summed E-state index contributed by atoms with van der Waals surface area (Å²) in [6.45, 7) is 0. The molecule has 0 aliphatic rings. The predicted molar refractivity (Wildman–Crippen MR) is 78.9 cm³/mol. The van der Waals surface area contributed by atoms with E-state index in [1.807, 2.05) is 0 Å². The molecule has 0 N–H and O–H groups in total. The summed E-state index contributed by atoms with van der Waals surface area (Å²) in [4.78, 5) is 3.39. The average molecular weight is 361 g/mol. The van der Waals surface area contributed by atoms with Crippen molar-refractivity contribution in [2.75, 3.05) is 0 Å². The number of nitrogens with zero attached hydrogens (tertiary/aromatic N) is 2. The molecule has 0 bridgehead atoms. The number of imidazole rings is 1. The molecule has 118 valence electrons. The van der Waals surface area contributed by atoms with E-state index in [0.717, 1.165) is 4.57 Å². The number of rotatable bonds is 2. The monoisotopic (exact) mass is 360 g/mol. The molecule has 8 heteroatoms. The Morgan fingerprint density at radius 2 is 1.43 bits per heavy atom. The molecule has 1 aromatic heterocycles. The van der Waals surface area contributed by atoms with Crippen LogP contribution in [0.4, 0.5) is 17.6 Å². The summed E-state index contributed by atoms with van der Waals surface area (Å²) in [6.07, 6.45) is -1.07. The van der Waals surface area contributed by atoms with Crippen LogP contribution in [0.5, 0.6) is 0 Å². The molecule has 0 radical (unpaired) electrons. The van der Waals surface area contributed by atoms with Crippen LogP contribution in [0.2, 0.25) is 10.2 Å². The van der Waals surface area contributed by atoms with Crippen molar-refractivity contribution >= 4 is 23.2 Å². The van der Waals surface area contributed by atoms with Crippen molar-refractivity contribution < 1.29 is 17.6 Å². The SMILES string of the molecule is Fc1cc(F)c(-c2c(Cl)nc(F)n2-c2ccc(Cl)cc2)c(F)c1. The second-order valence-electron chi connectivity index (χ2n) is 4.58. The first kappa shape index (κ1) is 15.8. The lowest BCUT2D eigenvalue weighted by Crippen LogP contribution is -2.03. The Balaban J connectivity index is 2.32. The first-order valence-electron chi connectivity index (χ1n) is 6.23. The van der Waals surface area contributed by atoms with Crippen LogP contribution in [0.15, 0.2) is 36.4 Å². The summed E-state index contributed by atoms with van der Waals surface area (Å²) in [5.74, 6) is -3.54. The third-order valence-electron chi connectivity index (χ3n) is 3.12. The van der Waals surface area contributed by atoms with Gasteiger partial charge >= 0.3 is 0 Å². The van der Waals surface area contributed by atoms with Crippen LogP contribution in [-0.4, -0.2) is 9.55 Å². The molecule has 0 spiro atoms. The quantitative estimate of drug-likeness (QED) is 0.559. The third-order valence-corrected chi connectivity index (χ3v) is 3.64. The number of aromatic nitrogens is 2. The van der Waals surface area contributed by atoms with Gasteiger partial charge in [0, 0.05) is 17.2 Å². The van der Waals surface area contributed by atoms with Crippen molar-refractivity contribution in [1.29, 1.82) is 0 Å². The van der Waals surface area contributed by atoms with Crippen molar-refractivity contribution in [3.63, 3.8) is 0 Å². The van der Waals surface area contributed by atoms with Crippen molar-refractivity contribution in [3.8, 4) is 16.9 Å². The first-order chi connectivity index (χ1) is 10.9. The minimum Gasteiger partial charge on any atom is -0.267 e. The van der Waals surface area contributed by atoms with Crippen LogP contribution in [-0.2, 0) is 0 Å². The fourth-order valence-corrected chi connectivity index (χ4v) is 2.55. The molecule has 3 rings (SSSR count). The van der Waals surface area contributed by atoms with Gasteiger partial charge < -0.3 is 0 Å². The number of hydrogen-bond acceptors (Lipinski definition) is 1. The van der Waals surface area contributed by atoms with Gasteiger partial charge in [0.05, 0.1) is 11.3 Å². The van der Waals surface area contributed by atoms with E-state index in [-0.39, 0.29) is 11.4 Å². The Morgan fingerprint density at radius 3 is 2.00 bits per heavy atom. The van der Waals surface area contributed by atoms with Crippen molar-refractivity contribution in [3.05, 3.63) is 70.1 Å². The zero-order valence-electron chi connectivity index (χ0n) is 11.1. The summed E-state index contributed by atoms with van der Waals surface area (Å²) < 4.78 is 56.0. The minimum atomic E-state index is -1.22. The van der Waals surface area contributed by atoms with E-state index >= 15 is 0 Å². The fourth-order valence-electron chi connectivity index (χ4n) is 2.18. The Morgan fingerprint density at radius 1 is 0.870 bits per heavy atom. The Kier molecular flexibility index (Phi) is 4.04. The van der Waals surface area contributed by atoms with Crippen LogP contribution in [0.1, 0.15) is 0 Å². The lowest BCUT2D eigenvalue weighted by Gasteiger charge is -2.11. The molecule has 2 aromatic carbocycles. The molecular formula is C15H6Cl2F4N2. The smallest absolute Gasteiger partial charge is 0.267 e. The fraction of sp³-hybridized carbons (Fsp3) is 0. The average Bonchev–Trinajstić information content (AvgIpc) is 2.74. The van der Waals surface area contributed by atoms with Crippen molar-refractivity contribution in [1.82, 2.24) is 9.55 Å². The highest BCUT2D eigenvalue weighted by molar-refractivity contribution is 6.32. The van der Waals surface area contributed by atoms with Gasteiger partial charge in [0.15, 0.2) is 5.15 Å². The van der Waals surface area contributed by atoms with E-state index in [1.54, 1.807) is 0 Å². The molecular weight excluding hydrogens is 355 g/mol. The van der Waals surface area contributed by atoms with E-state index < -0.39 is 34.2 Å². The van der Waals surface area contributed by atoms with E-state index in [1.165, 1.54) is 24.3 Å². The van der Waals surface area contributed by atoms with Gasteiger partial charge in [-0.3, -0.25) is 4.57 Å². The highest BCUT2D eigenvalue weighted by atomic mass is 35.5. The maximum Gasteiger partial charge on any atom is 0.295 e. The number of benzene rings is 2. The van der Waals surface area contributed by atoms with Gasteiger partial charge in [-0.1, -0.05) is 23.2 Å². The summed E-state index contributed by atoms with van der Waals surface area (Å²) in [5, 5.41) is -0.0667. The van der Waals surface area contributed by atoms with Gasteiger partial charge in [-0.2, -0.15) is 9.37 Å². The molecule has 0 atom stereocenters. The van der Waals surface area contributed by atoms with Gasteiger partial charge in [0.1, 0.15) is 23.1 Å². The molecule has 3 aromatic rings. The predicted octanol–water partition coefficient (Wildman–Crippen LogP) is 5.40. The highest BCUT2D eigenvalue weighted by Gasteiger charge is 2.25. The van der Waals surface area contributed by atoms with Crippen LogP contribution in [0.3, 0.4) is 0 Å². The molecule has 0 fully saturated rings. The summed E-state index contributed by atoms with van der Waals surface area (Å²) in [7, 11) is 0. The maximum atomic E-state index is 14.1. The lowest BCUT2D eigenvalue weighted by atomic mass is 10.1. The van der Waals surface area contributed by atoms with E-state index in [0.29, 0.717) is 17.2 Å². The second kappa shape index (κ2) is 5.86. The largest absolute Gasteiger partial charge is 0.295 e. The van der Waals surface area contributed by atoms with Crippen molar-refractivity contribution in [2.24, 2.45) is 0 Å². The van der Waals surface area contributed by atoms with Gasteiger partial charge in [0.2, 0.25) is 0 Å². The molecule has 0 amide bonds. The van der Waals surface area contributed by atoms with Crippen LogP contribution < -0.4 is 0 Å². The Bertz CT molecular complexity index is 868. The standard InChI is InChI=1S/C15H6Cl2F4N2/c16-7-1-3-9(4-2-7)23-13(14(17)22-15(23)21)12-10(19)5-8(18)6-11(12)20/h1-6H. The molecule has 23 heavy (non-hydrogen) atoms. The van der Waals surface area contributed by atoms with Gasteiger partial charge in [-0.25, -0.2) is 13.2 Å². The van der Waals surface area contributed by atoms with E-state index in [4.69, 9.17) is 23.2 Å². The summed E-state index contributed by atoms with van der Waals surface area (Å²) in [6, 6.07) is 6.73. The molecule has 0 unspecified atom stereocenters. The number of halogens is 6. The molecule has 0 saturated heterocycles. The molecule has 0 aliphatic heterocycles. The van der Waals surface area contributed by atoms with E-state index in [9.17, 15) is 17.6 Å². The zero-order chi connectivity index (χ0) is 16.7. The van der Waals surface area contributed by atoms with Gasteiger partial charge in [0.25, 0.3) is 6.08 Å². The van der Waals surface area contributed by atoms with Gasteiger partial charge in [-0.05, 0) is 24.3 Å². The molecule has 0 saturated carbocycles.